The molecule has 0 saturated carbocycles. The number of hydrogen-bond acceptors (Lipinski definition) is 5. The van der Waals surface area contributed by atoms with Crippen LogP contribution in [0.15, 0.2) is 72.8 Å². The lowest BCUT2D eigenvalue weighted by atomic mass is 10.00. The largest absolute Gasteiger partial charge is 0.486 e. The molecule has 4 rings (SSSR count). The smallest absolute Gasteiger partial charge is 0.338 e. The lowest BCUT2D eigenvalue weighted by Gasteiger charge is -2.18. The van der Waals surface area contributed by atoms with Crippen molar-refractivity contribution in [1.29, 1.82) is 0 Å². The van der Waals surface area contributed by atoms with Gasteiger partial charge in [0.1, 0.15) is 13.2 Å². The van der Waals surface area contributed by atoms with E-state index in [1.807, 2.05) is 60.7 Å². The molecule has 0 saturated heterocycles. The van der Waals surface area contributed by atoms with E-state index in [-0.39, 0.29) is 12.5 Å². The van der Waals surface area contributed by atoms with Gasteiger partial charge in [0.2, 0.25) is 0 Å². The van der Waals surface area contributed by atoms with E-state index in [9.17, 15) is 9.59 Å². The summed E-state index contributed by atoms with van der Waals surface area (Å²) in [6.07, 6.45) is 1.25. The van der Waals surface area contributed by atoms with Crippen molar-refractivity contribution >= 4 is 11.9 Å². The lowest BCUT2D eigenvalue weighted by molar-refractivity contribution is -0.124. The fourth-order valence-electron chi connectivity index (χ4n) is 3.54. The Bertz CT molecular complexity index is 1080. The van der Waals surface area contributed by atoms with E-state index in [0.29, 0.717) is 38.2 Å². The standard InChI is InChI=1S/C26H25NO5/c28-25(27-13-12-20-10-11-23-24(17-20)31-15-14-30-23)18-32-26(29)22-9-5-4-8-21(22)16-19-6-2-1-3-7-19/h1-11,17H,12-16,18H2,(H,27,28). The summed E-state index contributed by atoms with van der Waals surface area (Å²) in [5.74, 6) is 0.626. The fourth-order valence-corrected chi connectivity index (χ4v) is 3.54. The summed E-state index contributed by atoms with van der Waals surface area (Å²) in [4.78, 5) is 24.7. The Morgan fingerprint density at radius 3 is 2.44 bits per heavy atom. The highest BCUT2D eigenvalue weighted by Gasteiger charge is 2.15. The second kappa shape index (κ2) is 10.5. The van der Waals surface area contributed by atoms with E-state index >= 15 is 0 Å². The minimum absolute atomic E-state index is 0.320. The number of nitrogens with one attached hydrogen (secondary N) is 1. The average molecular weight is 431 g/mol. The van der Waals surface area contributed by atoms with Crippen LogP contribution < -0.4 is 14.8 Å². The highest BCUT2D eigenvalue weighted by Crippen LogP contribution is 2.30. The van der Waals surface area contributed by atoms with Gasteiger partial charge in [-0.3, -0.25) is 4.79 Å². The molecule has 1 aliphatic heterocycles. The first-order valence-electron chi connectivity index (χ1n) is 10.6. The Labute approximate surface area is 187 Å². The lowest BCUT2D eigenvalue weighted by Crippen LogP contribution is -2.30. The maximum Gasteiger partial charge on any atom is 0.338 e. The number of carbonyl (C=O) groups is 2. The highest BCUT2D eigenvalue weighted by atomic mass is 16.6. The fraction of sp³-hybridized carbons (Fsp3) is 0.231. The molecule has 0 aromatic heterocycles. The van der Waals surface area contributed by atoms with Crippen LogP contribution >= 0.6 is 0 Å². The van der Waals surface area contributed by atoms with Crippen LogP contribution in [0.5, 0.6) is 11.5 Å². The summed E-state index contributed by atoms with van der Waals surface area (Å²) in [6, 6.07) is 22.9. The predicted octanol–water partition coefficient (Wildman–Crippen LogP) is 3.56. The predicted molar refractivity (Wildman–Crippen MR) is 120 cm³/mol. The SMILES string of the molecule is O=C(COC(=O)c1ccccc1Cc1ccccc1)NCCc1ccc2c(c1)OCCO2. The normalized spacial score (nSPS) is 12.1. The molecule has 1 aliphatic rings. The van der Waals surface area contributed by atoms with Crippen molar-refractivity contribution in [3.05, 3.63) is 95.1 Å². The second-order valence-corrected chi connectivity index (χ2v) is 7.47. The Balaban J connectivity index is 1.25. The molecule has 0 bridgehead atoms. The van der Waals surface area contributed by atoms with Crippen molar-refractivity contribution in [2.75, 3.05) is 26.4 Å². The molecule has 1 N–H and O–H groups in total. The van der Waals surface area contributed by atoms with Gasteiger partial charge in [-0.15, -0.1) is 0 Å². The summed E-state index contributed by atoms with van der Waals surface area (Å²) in [5, 5.41) is 2.78. The monoisotopic (exact) mass is 431 g/mol. The van der Waals surface area contributed by atoms with Crippen LogP contribution in [0.1, 0.15) is 27.0 Å². The molecule has 3 aromatic carbocycles. The van der Waals surface area contributed by atoms with Crippen molar-refractivity contribution in [3.8, 4) is 11.5 Å². The van der Waals surface area contributed by atoms with Crippen LogP contribution in [0.3, 0.4) is 0 Å². The van der Waals surface area contributed by atoms with E-state index < -0.39 is 5.97 Å². The van der Waals surface area contributed by atoms with Crippen LogP contribution in [-0.4, -0.2) is 38.2 Å². The van der Waals surface area contributed by atoms with Crippen LogP contribution in [0, 0.1) is 0 Å². The van der Waals surface area contributed by atoms with Gasteiger partial charge in [0.15, 0.2) is 18.1 Å². The maximum absolute atomic E-state index is 12.6. The molecule has 1 amide bonds. The Kier molecular flexibility index (Phi) is 7.02. The maximum atomic E-state index is 12.6. The average Bonchev–Trinajstić information content (AvgIpc) is 2.83. The molecular weight excluding hydrogens is 406 g/mol. The van der Waals surface area contributed by atoms with Crippen molar-refractivity contribution in [1.82, 2.24) is 5.32 Å². The zero-order valence-electron chi connectivity index (χ0n) is 17.7. The summed E-state index contributed by atoms with van der Waals surface area (Å²) >= 11 is 0. The van der Waals surface area contributed by atoms with Gasteiger partial charge in [0.05, 0.1) is 5.56 Å². The Hall–Kier alpha value is -3.80. The number of benzene rings is 3. The zero-order chi connectivity index (χ0) is 22.2. The molecule has 1 heterocycles. The van der Waals surface area contributed by atoms with Gasteiger partial charge in [0.25, 0.3) is 5.91 Å². The van der Waals surface area contributed by atoms with Crippen molar-refractivity contribution in [2.24, 2.45) is 0 Å². The first-order chi connectivity index (χ1) is 15.7. The first-order valence-corrected chi connectivity index (χ1v) is 10.6. The van der Waals surface area contributed by atoms with Gasteiger partial charge < -0.3 is 19.5 Å². The van der Waals surface area contributed by atoms with Crippen LogP contribution in [0.25, 0.3) is 0 Å². The molecule has 6 nitrogen and oxygen atoms in total. The van der Waals surface area contributed by atoms with Crippen LogP contribution in [0.2, 0.25) is 0 Å². The van der Waals surface area contributed by atoms with E-state index in [0.717, 1.165) is 28.2 Å². The second-order valence-electron chi connectivity index (χ2n) is 7.47. The molecule has 32 heavy (non-hydrogen) atoms. The molecule has 3 aromatic rings. The van der Waals surface area contributed by atoms with Gasteiger partial charge in [-0.2, -0.15) is 0 Å². The van der Waals surface area contributed by atoms with E-state index in [4.69, 9.17) is 14.2 Å². The number of rotatable bonds is 8. The number of fused-ring (bicyclic) bond motifs is 1. The number of esters is 1. The molecule has 0 atom stereocenters. The van der Waals surface area contributed by atoms with Crippen LogP contribution in [-0.2, 0) is 22.4 Å². The van der Waals surface area contributed by atoms with Gasteiger partial charge in [0, 0.05) is 6.54 Å². The summed E-state index contributed by atoms with van der Waals surface area (Å²) in [5.41, 5.74) is 3.47. The molecule has 0 radical (unpaired) electrons. The van der Waals surface area contributed by atoms with Gasteiger partial charge in [-0.1, -0.05) is 54.6 Å². The third-order valence-electron chi connectivity index (χ3n) is 5.15. The van der Waals surface area contributed by atoms with E-state index in [1.165, 1.54) is 0 Å². The van der Waals surface area contributed by atoms with Gasteiger partial charge in [-0.25, -0.2) is 4.79 Å². The minimum Gasteiger partial charge on any atom is -0.486 e. The summed E-state index contributed by atoms with van der Waals surface area (Å²) in [7, 11) is 0. The number of hydrogen-bond donors (Lipinski definition) is 1. The Morgan fingerprint density at radius 1 is 0.844 bits per heavy atom. The number of amides is 1. The molecule has 0 unspecified atom stereocenters. The highest BCUT2D eigenvalue weighted by molar-refractivity contribution is 5.92. The molecule has 0 spiro atoms. The van der Waals surface area contributed by atoms with E-state index in [2.05, 4.69) is 5.32 Å². The Morgan fingerprint density at radius 2 is 1.59 bits per heavy atom. The topological polar surface area (TPSA) is 73.9 Å². The molecule has 6 heteroatoms. The molecular formula is C26H25NO5. The zero-order valence-corrected chi connectivity index (χ0v) is 17.7. The van der Waals surface area contributed by atoms with E-state index in [1.54, 1.807) is 12.1 Å². The molecule has 0 fully saturated rings. The van der Waals surface area contributed by atoms with Gasteiger partial charge >= 0.3 is 5.97 Å². The first kappa shape index (κ1) is 21.4. The minimum atomic E-state index is -0.501. The van der Waals surface area contributed by atoms with Crippen LogP contribution in [0.4, 0.5) is 0 Å². The van der Waals surface area contributed by atoms with Crippen molar-refractivity contribution in [2.45, 2.75) is 12.8 Å². The number of ether oxygens (including phenoxy) is 3. The quantitative estimate of drug-likeness (QED) is 0.552. The summed E-state index contributed by atoms with van der Waals surface area (Å²) in [6.45, 7) is 1.20. The van der Waals surface area contributed by atoms with Crippen molar-refractivity contribution < 1.29 is 23.8 Å². The third-order valence-corrected chi connectivity index (χ3v) is 5.15. The number of carbonyl (C=O) groups excluding carboxylic acids is 2. The van der Waals surface area contributed by atoms with Gasteiger partial charge in [-0.05, 0) is 47.7 Å². The summed E-state index contributed by atoms with van der Waals surface area (Å²) < 4.78 is 16.3. The molecule has 0 aliphatic carbocycles. The molecule has 164 valence electrons. The van der Waals surface area contributed by atoms with Crippen molar-refractivity contribution in [3.63, 3.8) is 0 Å². The third kappa shape index (κ3) is 5.66.